The van der Waals surface area contributed by atoms with Crippen molar-refractivity contribution in [1.82, 2.24) is 10.9 Å². The van der Waals surface area contributed by atoms with Crippen LogP contribution in [-0.2, 0) is 0 Å². The maximum Gasteiger partial charge on any atom is 0.207 e. The van der Waals surface area contributed by atoms with E-state index in [0.29, 0.717) is 5.11 Å². The van der Waals surface area contributed by atoms with Crippen molar-refractivity contribution >= 4 is 29.8 Å². The number of methoxy groups -OCH3 is 2. The van der Waals surface area contributed by atoms with Gasteiger partial charge in [0.15, 0.2) is 0 Å². The van der Waals surface area contributed by atoms with Crippen LogP contribution in [0.25, 0.3) is 0 Å². The number of hydrogen-bond acceptors (Lipinski definition) is 6. The molecule has 0 saturated heterocycles. The van der Waals surface area contributed by atoms with Crippen molar-refractivity contribution in [3.8, 4) is 11.5 Å². The lowest BCUT2D eigenvalue weighted by atomic mass is 10.2. The van der Waals surface area contributed by atoms with E-state index in [2.05, 4.69) is 21.1 Å². The van der Waals surface area contributed by atoms with E-state index < -0.39 is 0 Å². The second-order valence-corrected chi connectivity index (χ2v) is 5.02. The van der Waals surface area contributed by atoms with Crippen molar-refractivity contribution in [3.63, 3.8) is 0 Å². The number of hydrazone groups is 2. The van der Waals surface area contributed by atoms with Gasteiger partial charge >= 0.3 is 0 Å². The van der Waals surface area contributed by atoms with Crippen LogP contribution in [0.1, 0.15) is 11.1 Å². The Morgan fingerprint density at radius 2 is 1.15 bits per heavy atom. The van der Waals surface area contributed by atoms with Gasteiger partial charge in [-0.3, -0.25) is 10.9 Å². The predicted molar refractivity (Wildman–Crippen MR) is 108 cm³/mol. The highest BCUT2D eigenvalue weighted by Crippen LogP contribution is 2.10. The summed E-state index contributed by atoms with van der Waals surface area (Å²) in [6.07, 6.45) is 3.31. The Kier molecular flexibility index (Phi) is 10.1. The molecule has 0 amide bonds. The zero-order valence-electron chi connectivity index (χ0n) is 14.8. The number of benzene rings is 2. The van der Waals surface area contributed by atoms with Gasteiger partial charge in [-0.25, -0.2) is 0 Å². The number of rotatable bonds is 6. The van der Waals surface area contributed by atoms with E-state index in [1.807, 2.05) is 48.5 Å². The molecule has 8 heteroatoms. The highest BCUT2D eigenvalue weighted by Gasteiger charge is 1.93. The molecule has 0 aromatic heterocycles. The molecule has 0 heterocycles. The van der Waals surface area contributed by atoms with E-state index in [4.69, 9.17) is 26.8 Å². The smallest absolute Gasteiger partial charge is 0.207 e. The second-order valence-electron chi connectivity index (χ2n) is 4.62. The molecule has 0 aliphatic carbocycles. The lowest BCUT2D eigenvalue weighted by Gasteiger charge is -2.02. The van der Waals surface area contributed by atoms with Gasteiger partial charge in [-0.05, 0) is 71.9 Å². The van der Waals surface area contributed by atoms with Crippen LogP contribution >= 0.6 is 12.2 Å². The first-order valence-electron chi connectivity index (χ1n) is 7.56. The lowest BCUT2D eigenvalue weighted by Crippen LogP contribution is -2.28. The van der Waals surface area contributed by atoms with Crippen LogP contribution in [0.5, 0.6) is 11.5 Å². The molecule has 2 aromatic carbocycles. The first-order chi connectivity index (χ1) is 12.7. The molecule has 7 nitrogen and oxygen atoms in total. The number of thiocarbonyl (C=S) groups is 1. The fourth-order valence-corrected chi connectivity index (χ4v) is 1.84. The molecule has 3 N–H and O–H groups in total. The molecule has 26 heavy (non-hydrogen) atoms. The van der Waals surface area contributed by atoms with Gasteiger partial charge in [0.1, 0.15) is 11.5 Å². The van der Waals surface area contributed by atoms with E-state index >= 15 is 0 Å². The number of aliphatic hydroxyl groups excluding tert-OH is 1. The maximum absolute atomic E-state index is 7.00. The fraction of sp³-hybridized carbons (Fsp3) is 0.167. The normalized spacial score (nSPS) is 10.2. The minimum Gasteiger partial charge on any atom is -0.497 e. The van der Waals surface area contributed by atoms with Crippen molar-refractivity contribution in [3.05, 3.63) is 59.7 Å². The van der Waals surface area contributed by atoms with E-state index in [9.17, 15) is 0 Å². The topological polar surface area (TPSA) is 87.5 Å². The summed E-state index contributed by atoms with van der Waals surface area (Å²) in [4.78, 5) is 0. The van der Waals surface area contributed by atoms with Gasteiger partial charge in [-0.2, -0.15) is 10.2 Å². The third-order valence-corrected chi connectivity index (χ3v) is 3.17. The van der Waals surface area contributed by atoms with E-state index in [1.54, 1.807) is 26.6 Å². The number of ether oxygens (including phenoxy) is 2. The molecule has 0 bridgehead atoms. The van der Waals surface area contributed by atoms with E-state index in [0.717, 1.165) is 29.7 Å². The summed E-state index contributed by atoms with van der Waals surface area (Å²) in [5.74, 6) is 1.59. The van der Waals surface area contributed by atoms with Crippen LogP contribution in [0.2, 0.25) is 0 Å². The molecule has 0 radical (unpaired) electrons. The second kappa shape index (κ2) is 12.4. The summed E-state index contributed by atoms with van der Waals surface area (Å²) >= 11 is 5.07. The molecule has 0 unspecified atom stereocenters. The monoisotopic (exact) mass is 374 g/mol. The number of hydrogen-bond donors (Lipinski definition) is 3. The summed E-state index contributed by atoms with van der Waals surface area (Å²) in [7, 11) is 4.25. The molecule has 0 aliphatic rings. The zero-order chi connectivity index (χ0) is 19.2. The molecule has 0 saturated carbocycles. The van der Waals surface area contributed by atoms with Crippen LogP contribution in [0.4, 0.5) is 0 Å². The van der Waals surface area contributed by atoms with E-state index in [-0.39, 0.29) is 0 Å². The first kappa shape index (κ1) is 21.1. The Balaban J connectivity index is 0.00000163. The van der Waals surface area contributed by atoms with Crippen LogP contribution < -0.4 is 20.3 Å². The summed E-state index contributed by atoms with van der Waals surface area (Å²) in [6, 6.07) is 15.0. The molecular weight excluding hydrogens is 352 g/mol. The van der Waals surface area contributed by atoms with Crippen molar-refractivity contribution in [2.45, 2.75) is 0 Å². The lowest BCUT2D eigenvalue weighted by molar-refractivity contribution is 0.399. The van der Waals surface area contributed by atoms with Crippen molar-refractivity contribution in [1.29, 1.82) is 0 Å². The number of nitrogens with one attached hydrogen (secondary N) is 2. The van der Waals surface area contributed by atoms with Gasteiger partial charge in [0, 0.05) is 7.11 Å². The Hall–Kier alpha value is -2.97. The summed E-state index contributed by atoms with van der Waals surface area (Å²) < 4.78 is 10.2. The van der Waals surface area contributed by atoms with Crippen molar-refractivity contribution < 1.29 is 14.6 Å². The fourth-order valence-electron chi connectivity index (χ4n) is 1.74. The minimum absolute atomic E-state index is 0.296. The van der Waals surface area contributed by atoms with Gasteiger partial charge in [0.2, 0.25) is 5.11 Å². The minimum atomic E-state index is 0.296. The third kappa shape index (κ3) is 7.73. The largest absolute Gasteiger partial charge is 0.497 e. The standard InChI is InChI=1S/C17H18N4O2S.CH4O/c1-22-15-7-3-13(4-8-15)11-18-20-17(24)21-19-12-14-5-9-16(23-2)10-6-14;1-2/h3-12H,1-2H3,(H2,20,21,24);2H,1H3/b18-11+,19-12+;. The molecule has 0 aliphatic heterocycles. The van der Waals surface area contributed by atoms with Gasteiger partial charge in [-0.1, -0.05) is 0 Å². The third-order valence-electron chi connectivity index (χ3n) is 2.99. The molecular formula is C18H22N4O3S. The molecule has 0 spiro atoms. The average molecular weight is 374 g/mol. The molecule has 138 valence electrons. The van der Waals surface area contributed by atoms with Crippen molar-refractivity contribution in [2.75, 3.05) is 21.3 Å². The summed E-state index contributed by atoms with van der Waals surface area (Å²) in [5, 5.41) is 15.4. The molecule has 0 atom stereocenters. The quantitative estimate of drug-likeness (QED) is 0.408. The SMILES string of the molecule is CO.COc1ccc(/C=N/NC(=S)N/N=C/c2ccc(OC)cc2)cc1. The van der Waals surface area contributed by atoms with E-state index in [1.165, 1.54) is 0 Å². The predicted octanol–water partition coefficient (Wildman–Crippen LogP) is 2.14. The molecule has 2 aromatic rings. The number of nitrogens with zero attached hydrogens (tertiary/aromatic N) is 2. The Labute approximate surface area is 158 Å². The van der Waals surface area contributed by atoms with Gasteiger partial charge < -0.3 is 14.6 Å². The zero-order valence-corrected chi connectivity index (χ0v) is 15.7. The van der Waals surface area contributed by atoms with Gasteiger partial charge in [0.05, 0.1) is 26.6 Å². The Bertz CT molecular complexity index is 655. The molecule has 2 rings (SSSR count). The average Bonchev–Trinajstić information content (AvgIpc) is 2.70. The van der Waals surface area contributed by atoms with Crippen molar-refractivity contribution in [2.24, 2.45) is 10.2 Å². The number of aliphatic hydroxyl groups is 1. The van der Waals surface area contributed by atoms with Crippen LogP contribution in [0, 0.1) is 0 Å². The van der Waals surface area contributed by atoms with Gasteiger partial charge in [-0.15, -0.1) is 0 Å². The Morgan fingerprint density at radius 3 is 1.46 bits per heavy atom. The summed E-state index contributed by atoms with van der Waals surface area (Å²) in [6.45, 7) is 0. The molecule has 0 fully saturated rings. The van der Waals surface area contributed by atoms with Crippen LogP contribution in [0.3, 0.4) is 0 Å². The Morgan fingerprint density at radius 1 is 0.808 bits per heavy atom. The van der Waals surface area contributed by atoms with Crippen LogP contribution in [-0.4, -0.2) is 44.0 Å². The first-order valence-corrected chi connectivity index (χ1v) is 7.97. The maximum atomic E-state index is 7.00. The highest BCUT2D eigenvalue weighted by atomic mass is 32.1. The van der Waals surface area contributed by atoms with Crippen LogP contribution in [0.15, 0.2) is 58.7 Å². The van der Waals surface area contributed by atoms with Gasteiger partial charge in [0.25, 0.3) is 0 Å². The highest BCUT2D eigenvalue weighted by molar-refractivity contribution is 7.80. The summed E-state index contributed by atoms with van der Waals surface area (Å²) in [5.41, 5.74) is 7.23.